The molecule has 0 amide bonds. The van der Waals surface area contributed by atoms with Gasteiger partial charge in [-0.25, -0.2) is 0 Å². The number of hydrogen-bond acceptors (Lipinski definition) is 1. The largest absolute Gasteiger partial charge is 2.00 e. The van der Waals surface area contributed by atoms with Crippen molar-refractivity contribution in [3.8, 4) is 0 Å². The first-order chi connectivity index (χ1) is 12.9. The maximum atomic E-state index is 7.00. The van der Waals surface area contributed by atoms with Gasteiger partial charge in [0, 0.05) is 7.11 Å². The molecule has 0 unspecified atom stereocenters. The Morgan fingerprint density at radius 1 is 0.724 bits per heavy atom. The van der Waals surface area contributed by atoms with Crippen molar-refractivity contribution in [1.29, 1.82) is 0 Å². The monoisotopic (exact) mass is 459 g/mol. The van der Waals surface area contributed by atoms with Gasteiger partial charge in [-0.2, -0.15) is 72.8 Å². The zero-order chi connectivity index (χ0) is 18.9. The van der Waals surface area contributed by atoms with Gasteiger partial charge in [0.2, 0.25) is 0 Å². The molecule has 4 heteroatoms. The molecule has 0 saturated carbocycles. The third kappa shape index (κ3) is 15.9. The summed E-state index contributed by atoms with van der Waals surface area (Å²) in [4.78, 5) is 0. The Hall–Kier alpha value is -1.61. The summed E-state index contributed by atoms with van der Waals surface area (Å²) < 4.78 is 0. The van der Waals surface area contributed by atoms with Crippen molar-refractivity contribution < 1.29 is 51.6 Å². The molecule has 1 aliphatic carbocycles. The van der Waals surface area contributed by atoms with E-state index in [-0.39, 0.29) is 46.5 Å². The minimum atomic E-state index is 0. The Morgan fingerprint density at radius 3 is 1.48 bits per heavy atom. The number of allylic oxidation sites excluding steroid dienone is 4. The van der Waals surface area contributed by atoms with E-state index in [0.717, 1.165) is 13.5 Å². The summed E-state index contributed by atoms with van der Waals surface area (Å²) in [7, 11) is 1.00. The van der Waals surface area contributed by atoms with Crippen molar-refractivity contribution in [3.63, 3.8) is 0 Å². The molecule has 3 aromatic carbocycles. The Bertz CT molecular complexity index is 661. The second-order valence-corrected chi connectivity index (χ2v) is 5.25. The van der Waals surface area contributed by atoms with Crippen LogP contribution in [0.5, 0.6) is 0 Å². The second-order valence-electron chi connectivity index (χ2n) is 5.25. The Balaban J connectivity index is -0.000000344. The minimum Gasteiger partial charge on any atom is -1.00 e. The standard InChI is InChI=1S/C12H11.2C6H5.CH4O.2ClH.Ti/c1-10-7-8-12(9-10)11-5-3-2-4-6-11;2*1-2-4-6-5-3-1;1-2;;;/h2-5,7,9H,8H2,1H3;2*1-5H;2H,1H3;2*1H;/q3*-1;;;;+2/p-2. The molecule has 1 nitrogen and oxygen atoms in total. The van der Waals surface area contributed by atoms with Crippen LogP contribution in [0.3, 0.4) is 0 Å². The van der Waals surface area contributed by atoms with E-state index in [1.807, 2.05) is 72.8 Å². The molecule has 0 saturated heterocycles. The summed E-state index contributed by atoms with van der Waals surface area (Å²) in [5.41, 5.74) is 3.97. The van der Waals surface area contributed by atoms with Gasteiger partial charge in [-0.15, -0.1) is 41.5 Å². The van der Waals surface area contributed by atoms with Gasteiger partial charge in [0.15, 0.2) is 0 Å². The van der Waals surface area contributed by atoms with E-state index in [2.05, 4.69) is 49.4 Å². The molecule has 0 aromatic heterocycles. The van der Waals surface area contributed by atoms with Crippen LogP contribution in [0, 0.1) is 18.2 Å². The second kappa shape index (κ2) is 22.7. The topological polar surface area (TPSA) is 20.2 Å². The normalized spacial score (nSPS) is 10.0. The van der Waals surface area contributed by atoms with Gasteiger partial charge in [-0.1, -0.05) is 17.7 Å². The average molecular weight is 460 g/mol. The number of hydrogen-bond donors (Lipinski definition) is 1. The molecule has 0 radical (unpaired) electrons. The average Bonchev–Trinajstić information content (AvgIpc) is 3.20. The smallest absolute Gasteiger partial charge is 1.00 e. The number of aliphatic hydroxyl groups is 1. The number of benzene rings is 3. The summed E-state index contributed by atoms with van der Waals surface area (Å²) in [6.07, 6.45) is 5.54. The summed E-state index contributed by atoms with van der Waals surface area (Å²) in [6, 6.07) is 36.4. The molecule has 4 rings (SSSR count). The van der Waals surface area contributed by atoms with E-state index in [9.17, 15) is 0 Å². The fraction of sp³-hybridized carbons (Fsp3) is 0.120. The minimum absolute atomic E-state index is 0. The van der Waals surface area contributed by atoms with Gasteiger partial charge in [-0.05, 0) is 13.3 Å². The van der Waals surface area contributed by atoms with Gasteiger partial charge in [0.05, 0.1) is 0 Å². The molecular formula is C25H25Cl2OTi-3. The predicted molar refractivity (Wildman–Crippen MR) is 110 cm³/mol. The molecule has 0 fully saturated rings. The fourth-order valence-electron chi connectivity index (χ4n) is 2.13. The number of aliphatic hydroxyl groups excluding tert-OH is 1. The first-order valence-corrected chi connectivity index (χ1v) is 8.47. The van der Waals surface area contributed by atoms with E-state index in [1.54, 1.807) is 0 Å². The summed E-state index contributed by atoms with van der Waals surface area (Å²) in [6.45, 7) is 2.13. The van der Waals surface area contributed by atoms with E-state index < -0.39 is 0 Å². The van der Waals surface area contributed by atoms with E-state index in [4.69, 9.17) is 5.11 Å². The summed E-state index contributed by atoms with van der Waals surface area (Å²) >= 11 is 0. The van der Waals surface area contributed by atoms with Crippen LogP contribution in [-0.2, 0) is 21.7 Å². The molecule has 0 aliphatic heterocycles. The van der Waals surface area contributed by atoms with Crippen molar-refractivity contribution in [2.75, 3.05) is 7.11 Å². The van der Waals surface area contributed by atoms with Crippen LogP contribution in [-0.4, -0.2) is 12.2 Å². The first-order valence-electron chi connectivity index (χ1n) is 8.47. The summed E-state index contributed by atoms with van der Waals surface area (Å²) in [5.74, 6) is 0. The fourth-order valence-corrected chi connectivity index (χ4v) is 2.13. The molecular weight excluding hydrogens is 435 g/mol. The van der Waals surface area contributed by atoms with Crippen molar-refractivity contribution >= 4 is 5.57 Å². The van der Waals surface area contributed by atoms with Crippen LogP contribution in [0.15, 0.2) is 103 Å². The zero-order valence-electron chi connectivity index (χ0n) is 16.6. The van der Waals surface area contributed by atoms with Gasteiger partial charge in [0.25, 0.3) is 0 Å². The molecule has 0 heterocycles. The third-order valence-corrected chi connectivity index (χ3v) is 3.32. The van der Waals surface area contributed by atoms with Crippen LogP contribution in [0.25, 0.3) is 5.57 Å². The van der Waals surface area contributed by atoms with Crippen LogP contribution in [0.4, 0.5) is 0 Å². The molecule has 3 aromatic rings. The van der Waals surface area contributed by atoms with Crippen molar-refractivity contribution in [3.05, 3.63) is 126 Å². The Morgan fingerprint density at radius 2 is 1.21 bits per heavy atom. The van der Waals surface area contributed by atoms with Gasteiger partial charge < -0.3 is 29.9 Å². The SMILES string of the molecule is CC1=CCC(c2[c-]cccc2)=C1.CO.[Cl-].[Cl-].[Ti+2].[c-]1ccccc1.[c-]1ccccc1. The molecule has 0 atom stereocenters. The quantitative estimate of drug-likeness (QED) is 0.395. The van der Waals surface area contributed by atoms with Crippen molar-refractivity contribution in [1.82, 2.24) is 0 Å². The Kier molecular flexibility index (Phi) is 25.1. The Labute approximate surface area is 203 Å². The van der Waals surface area contributed by atoms with E-state index >= 15 is 0 Å². The van der Waals surface area contributed by atoms with Gasteiger partial charge in [-0.3, -0.25) is 0 Å². The molecule has 29 heavy (non-hydrogen) atoms. The third-order valence-electron chi connectivity index (χ3n) is 3.32. The summed E-state index contributed by atoms with van der Waals surface area (Å²) in [5, 5.41) is 7.00. The zero-order valence-corrected chi connectivity index (χ0v) is 19.7. The van der Waals surface area contributed by atoms with Crippen molar-refractivity contribution in [2.24, 2.45) is 0 Å². The number of halogens is 2. The van der Waals surface area contributed by atoms with Crippen LogP contribution < -0.4 is 24.8 Å². The van der Waals surface area contributed by atoms with Crippen LogP contribution in [0.1, 0.15) is 18.9 Å². The van der Waals surface area contributed by atoms with E-state index in [0.29, 0.717) is 0 Å². The van der Waals surface area contributed by atoms with Gasteiger partial charge in [0.1, 0.15) is 0 Å². The maximum absolute atomic E-state index is 7.00. The molecule has 1 N–H and O–H groups in total. The first kappa shape index (κ1) is 32.1. The maximum Gasteiger partial charge on any atom is 2.00 e. The van der Waals surface area contributed by atoms with Crippen molar-refractivity contribution in [2.45, 2.75) is 13.3 Å². The molecule has 1 aliphatic rings. The molecule has 152 valence electrons. The predicted octanol–water partition coefficient (Wildman–Crippen LogP) is -0.192. The molecule has 0 bridgehead atoms. The van der Waals surface area contributed by atoms with Crippen LogP contribution >= 0.6 is 0 Å². The van der Waals surface area contributed by atoms with Gasteiger partial charge >= 0.3 is 21.7 Å². The molecule has 0 spiro atoms. The van der Waals surface area contributed by atoms with E-state index in [1.165, 1.54) is 16.7 Å². The number of rotatable bonds is 1. The van der Waals surface area contributed by atoms with Crippen LogP contribution in [0.2, 0.25) is 0 Å².